The Morgan fingerprint density at radius 3 is 3.11 bits per heavy atom. The summed E-state index contributed by atoms with van der Waals surface area (Å²) < 4.78 is 5.26. The van der Waals surface area contributed by atoms with Crippen molar-refractivity contribution in [3.05, 3.63) is 23.5 Å². The van der Waals surface area contributed by atoms with E-state index >= 15 is 0 Å². The molecular formula is C14H19N3O. The van der Waals surface area contributed by atoms with E-state index < -0.39 is 0 Å². The van der Waals surface area contributed by atoms with Crippen molar-refractivity contribution in [1.82, 2.24) is 9.88 Å². The van der Waals surface area contributed by atoms with Gasteiger partial charge in [0.25, 0.3) is 0 Å². The molecule has 96 valence electrons. The summed E-state index contributed by atoms with van der Waals surface area (Å²) in [7, 11) is 1.67. The first kappa shape index (κ1) is 12.8. The number of hydrogen-bond donors (Lipinski definition) is 0. The molecule has 0 aromatic carbocycles. The highest BCUT2D eigenvalue weighted by Gasteiger charge is 2.19. The van der Waals surface area contributed by atoms with Crippen LogP contribution in [0.1, 0.15) is 24.2 Å². The SMILES string of the molecule is COc1cc(C)nc(CN2CCCC(C#N)C2)c1. The van der Waals surface area contributed by atoms with Gasteiger partial charge in [0, 0.05) is 30.9 Å². The van der Waals surface area contributed by atoms with Crippen LogP contribution >= 0.6 is 0 Å². The molecule has 1 aromatic rings. The van der Waals surface area contributed by atoms with Crippen molar-refractivity contribution < 1.29 is 4.74 Å². The molecule has 1 unspecified atom stereocenters. The Morgan fingerprint density at radius 1 is 1.56 bits per heavy atom. The summed E-state index contributed by atoms with van der Waals surface area (Å²) in [5.41, 5.74) is 1.99. The fraction of sp³-hybridized carbons (Fsp3) is 0.571. The Hall–Kier alpha value is -1.60. The summed E-state index contributed by atoms with van der Waals surface area (Å²) in [4.78, 5) is 6.83. The molecule has 0 bridgehead atoms. The Bertz CT molecular complexity index is 453. The number of hydrogen-bond acceptors (Lipinski definition) is 4. The van der Waals surface area contributed by atoms with Crippen LogP contribution in [0, 0.1) is 24.2 Å². The van der Waals surface area contributed by atoms with Gasteiger partial charge in [0.05, 0.1) is 24.8 Å². The molecule has 1 aliphatic rings. The number of ether oxygens (including phenoxy) is 1. The molecule has 2 heterocycles. The van der Waals surface area contributed by atoms with Crippen molar-refractivity contribution in [2.75, 3.05) is 20.2 Å². The van der Waals surface area contributed by atoms with E-state index in [2.05, 4.69) is 16.0 Å². The van der Waals surface area contributed by atoms with Crippen molar-refractivity contribution >= 4 is 0 Å². The second kappa shape index (κ2) is 5.83. The Labute approximate surface area is 108 Å². The molecule has 1 aliphatic heterocycles. The first-order valence-electron chi connectivity index (χ1n) is 6.35. The maximum absolute atomic E-state index is 8.99. The van der Waals surface area contributed by atoms with E-state index in [1.807, 2.05) is 19.1 Å². The Morgan fingerprint density at radius 2 is 2.39 bits per heavy atom. The number of methoxy groups -OCH3 is 1. The Kier molecular flexibility index (Phi) is 4.16. The summed E-state index contributed by atoms with van der Waals surface area (Å²) in [5, 5.41) is 8.99. The fourth-order valence-electron chi connectivity index (χ4n) is 2.44. The first-order valence-corrected chi connectivity index (χ1v) is 6.35. The number of pyridine rings is 1. The normalized spacial score (nSPS) is 20.4. The third-order valence-electron chi connectivity index (χ3n) is 3.29. The van der Waals surface area contributed by atoms with Gasteiger partial charge in [-0.05, 0) is 26.3 Å². The molecule has 0 aliphatic carbocycles. The van der Waals surface area contributed by atoms with Crippen LogP contribution in [-0.4, -0.2) is 30.1 Å². The molecule has 4 heteroatoms. The molecule has 1 fully saturated rings. The summed E-state index contributed by atoms with van der Waals surface area (Å²) in [5.74, 6) is 1.02. The molecule has 4 nitrogen and oxygen atoms in total. The van der Waals surface area contributed by atoms with E-state index in [9.17, 15) is 0 Å². The van der Waals surface area contributed by atoms with Gasteiger partial charge in [-0.1, -0.05) is 0 Å². The van der Waals surface area contributed by atoms with E-state index in [-0.39, 0.29) is 5.92 Å². The highest BCUT2D eigenvalue weighted by atomic mass is 16.5. The molecule has 1 aromatic heterocycles. The molecule has 0 amide bonds. The summed E-state index contributed by atoms with van der Waals surface area (Å²) >= 11 is 0. The minimum atomic E-state index is 0.172. The van der Waals surface area contributed by atoms with Crippen LogP contribution in [0.2, 0.25) is 0 Å². The lowest BCUT2D eigenvalue weighted by atomic mass is 9.99. The van der Waals surface area contributed by atoms with Crippen LogP contribution in [0.3, 0.4) is 0 Å². The van der Waals surface area contributed by atoms with Gasteiger partial charge in [-0.2, -0.15) is 5.26 Å². The lowest BCUT2D eigenvalue weighted by Crippen LogP contribution is -2.34. The molecule has 0 N–H and O–H groups in total. The minimum absolute atomic E-state index is 0.172. The summed E-state index contributed by atoms with van der Waals surface area (Å²) in [6.07, 6.45) is 2.12. The predicted molar refractivity (Wildman–Crippen MR) is 69.1 cm³/mol. The van der Waals surface area contributed by atoms with Gasteiger partial charge in [-0.3, -0.25) is 9.88 Å². The second-order valence-corrected chi connectivity index (χ2v) is 4.84. The molecule has 2 rings (SSSR count). The van der Waals surface area contributed by atoms with Crippen LogP contribution in [0.25, 0.3) is 0 Å². The monoisotopic (exact) mass is 245 g/mol. The van der Waals surface area contributed by atoms with E-state index in [0.717, 1.165) is 49.6 Å². The first-order chi connectivity index (χ1) is 8.71. The molecule has 0 spiro atoms. The third-order valence-corrected chi connectivity index (χ3v) is 3.29. The number of nitrogens with zero attached hydrogens (tertiary/aromatic N) is 3. The topological polar surface area (TPSA) is 49.1 Å². The maximum atomic E-state index is 8.99. The van der Waals surface area contributed by atoms with Crippen LogP contribution in [0.4, 0.5) is 0 Å². The van der Waals surface area contributed by atoms with Gasteiger partial charge >= 0.3 is 0 Å². The molecule has 1 atom stereocenters. The quantitative estimate of drug-likeness (QED) is 0.818. The summed E-state index contributed by atoms with van der Waals surface area (Å²) in [6, 6.07) is 6.27. The van der Waals surface area contributed by atoms with Crippen molar-refractivity contribution in [3.8, 4) is 11.8 Å². The van der Waals surface area contributed by atoms with Crippen LogP contribution < -0.4 is 4.74 Å². The number of aryl methyl sites for hydroxylation is 1. The number of likely N-dealkylation sites (tertiary alicyclic amines) is 1. The van der Waals surface area contributed by atoms with Crippen molar-refractivity contribution in [2.45, 2.75) is 26.3 Å². The van der Waals surface area contributed by atoms with Gasteiger partial charge in [0.15, 0.2) is 0 Å². The van der Waals surface area contributed by atoms with Crippen molar-refractivity contribution in [1.29, 1.82) is 5.26 Å². The number of nitriles is 1. The zero-order chi connectivity index (χ0) is 13.0. The minimum Gasteiger partial charge on any atom is -0.497 e. The lowest BCUT2D eigenvalue weighted by molar-refractivity contribution is 0.190. The summed E-state index contributed by atoms with van der Waals surface area (Å²) in [6.45, 7) is 4.68. The maximum Gasteiger partial charge on any atom is 0.122 e. The average Bonchev–Trinajstić information content (AvgIpc) is 2.38. The standard InChI is InChI=1S/C14H19N3O/c1-11-6-14(18-2)7-13(16-11)10-17-5-3-4-12(8-15)9-17/h6-7,12H,3-5,9-10H2,1-2H3. The van der Waals surface area contributed by atoms with Gasteiger partial charge in [-0.15, -0.1) is 0 Å². The largest absolute Gasteiger partial charge is 0.497 e. The van der Waals surface area contributed by atoms with E-state index in [1.165, 1.54) is 0 Å². The molecule has 0 saturated carbocycles. The smallest absolute Gasteiger partial charge is 0.122 e. The molecule has 18 heavy (non-hydrogen) atoms. The average molecular weight is 245 g/mol. The number of piperidine rings is 1. The highest BCUT2D eigenvalue weighted by Crippen LogP contribution is 2.19. The van der Waals surface area contributed by atoms with Gasteiger partial charge < -0.3 is 4.74 Å². The predicted octanol–water partition coefficient (Wildman–Crippen LogP) is 2.13. The zero-order valence-corrected chi connectivity index (χ0v) is 11.0. The second-order valence-electron chi connectivity index (χ2n) is 4.84. The lowest BCUT2D eigenvalue weighted by Gasteiger charge is -2.29. The number of rotatable bonds is 3. The van der Waals surface area contributed by atoms with Crippen molar-refractivity contribution in [2.24, 2.45) is 5.92 Å². The molecular weight excluding hydrogens is 226 g/mol. The highest BCUT2D eigenvalue weighted by molar-refractivity contribution is 5.26. The third kappa shape index (κ3) is 3.21. The van der Waals surface area contributed by atoms with Crippen LogP contribution in [-0.2, 0) is 6.54 Å². The van der Waals surface area contributed by atoms with Crippen LogP contribution in [0.15, 0.2) is 12.1 Å². The van der Waals surface area contributed by atoms with E-state index in [4.69, 9.17) is 10.00 Å². The van der Waals surface area contributed by atoms with Gasteiger partial charge in [0.1, 0.15) is 5.75 Å². The Balaban J connectivity index is 2.04. The van der Waals surface area contributed by atoms with Gasteiger partial charge in [-0.25, -0.2) is 0 Å². The molecule has 1 saturated heterocycles. The van der Waals surface area contributed by atoms with Crippen LogP contribution in [0.5, 0.6) is 5.75 Å². The van der Waals surface area contributed by atoms with Gasteiger partial charge in [0.2, 0.25) is 0 Å². The number of aromatic nitrogens is 1. The molecule has 0 radical (unpaired) electrons. The fourth-order valence-corrected chi connectivity index (χ4v) is 2.44. The van der Waals surface area contributed by atoms with Crippen molar-refractivity contribution in [3.63, 3.8) is 0 Å². The zero-order valence-electron chi connectivity index (χ0n) is 11.0. The van der Waals surface area contributed by atoms with E-state index in [0.29, 0.717) is 0 Å². The van der Waals surface area contributed by atoms with E-state index in [1.54, 1.807) is 7.11 Å².